The van der Waals surface area contributed by atoms with Crippen molar-refractivity contribution < 1.29 is 13.5 Å². The molecule has 4 nitrogen and oxygen atoms in total. The summed E-state index contributed by atoms with van der Waals surface area (Å²) >= 11 is 1.59. The maximum absolute atomic E-state index is 12.8. The van der Waals surface area contributed by atoms with Gasteiger partial charge in [-0.05, 0) is 80.9 Å². The highest BCUT2D eigenvalue weighted by atomic mass is 32.2. The van der Waals surface area contributed by atoms with Crippen molar-refractivity contribution in [2.24, 2.45) is 11.8 Å². The summed E-state index contributed by atoms with van der Waals surface area (Å²) in [5.74, 6) is 0.922. The van der Waals surface area contributed by atoms with Crippen molar-refractivity contribution in [1.82, 2.24) is 4.72 Å². The first-order valence-corrected chi connectivity index (χ1v) is 10.9. The van der Waals surface area contributed by atoms with Gasteiger partial charge in [0.2, 0.25) is 10.0 Å². The van der Waals surface area contributed by atoms with Gasteiger partial charge in [0.25, 0.3) is 0 Å². The Hall–Kier alpha value is -0.560. The summed E-state index contributed by atoms with van der Waals surface area (Å²) < 4.78 is 28.6. The number of thioether (sulfide) groups is 1. The molecular formula is C17H23NO3S2. The topological polar surface area (TPSA) is 66.4 Å². The average molecular weight is 354 g/mol. The Bertz CT molecular complexity index is 700. The Labute approximate surface area is 142 Å². The molecule has 2 N–H and O–H groups in total. The molecule has 4 bridgehead atoms. The fourth-order valence-corrected chi connectivity index (χ4v) is 7.26. The largest absolute Gasteiger partial charge is 0.390 e. The summed E-state index contributed by atoms with van der Waals surface area (Å²) in [4.78, 5) is 1.37. The van der Waals surface area contributed by atoms with E-state index in [-0.39, 0.29) is 0 Å². The SMILES string of the molecule is CSc1ccc(S(=O)(=O)NC23CC4CC(CC(O)(C4)C2)C3)cc1. The van der Waals surface area contributed by atoms with Gasteiger partial charge < -0.3 is 5.11 Å². The standard InChI is InChI=1S/C17H23NO3S2/c1-22-14-2-4-15(5-3-14)23(20,21)18-16-7-12-6-13(8-16)10-17(19,9-12)11-16/h2-5,12-13,18-19H,6-11H2,1H3. The van der Waals surface area contributed by atoms with Crippen LogP contribution in [0.2, 0.25) is 0 Å². The molecule has 126 valence electrons. The lowest BCUT2D eigenvalue weighted by Crippen LogP contribution is -2.65. The maximum atomic E-state index is 12.8. The van der Waals surface area contributed by atoms with E-state index >= 15 is 0 Å². The monoisotopic (exact) mass is 353 g/mol. The van der Waals surface area contributed by atoms with E-state index in [2.05, 4.69) is 4.72 Å². The van der Waals surface area contributed by atoms with Gasteiger partial charge in [0.15, 0.2) is 0 Å². The van der Waals surface area contributed by atoms with Crippen molar-refractivity contribution in [1.29, 1.82) is 0 Å². The minimum absolute atomic E-state index is 0.318. The summed E-state index contributed by atoms with van der Waals surface area (Å²) in [7, 11) is -3.54. The minimum atomic E-state index is -3.54. The zero-order chi connectivity index (χ0) is 16.3. The van der Waals surface area contributed by atoms with Gasteiger partial charge >= 0.3 is 0 Å². The number of benzene rings is 1. The molecule has 0 amide bonds. The predicted molar refractivity (Wildman–Crippen MR) is 90.9 cm³/mol. The Balaban J connectivity index is 1.61. The van der Waals surface area contributed by atoms with Crippen LogP contribution < -0.4 is 4.72 Å². The van der Waals surface area contributed by atoms with Crippen LogP contribution in [0, 0.1) is 11.8 Å². The van der Waals surface area contributed by atoms with E-state index in [1.807, 2.05) is 18.4 Å². The molecule has 0 spiro atoms. The Morgan fingerprint density at radius 1 is 1.13 bits per heavy atom. The minimum Gasteiger partial charge on any atom is -0.390 e. The molecule has 0 heterocycles. The highest BCUT2D eigenvalue weighted by molar-refractivity contribution is 7.98. The second-order valence-electron chi connectivity index (χ2n) is 7.75. The summed E-state index contributed by atoms with van der Waals surface area (Å²) in [5, 5.41) is 10.8. The fourth-order valence-electron chi connectivity index (χ4n) is 5.43. The van der Waals surface area contributed by atoms with Crippen molar-refractivity contribution in [2.75, 3.05) is 6.26 Å². The summed E-state index contributed by atoms with van der Waals surface area (Å²) in [6.45, 7) is 0. The molecule has 0 radical (unpaired) electrons. The van der Waals surface area contributed by atoms with Gasteiger partial charge in [-0.1, -0.05) is 0 Å². The van der Waals surface area contributed by atoms with Crippen molar-refractivity contribution in [2.45, 2.75) is 59.5 Å². The molecule has 2 atom stereocenters. The number of rotatable bonds is 4. The van der Waals surface area contributed by atoms with Gasteiger partial charge in [0.05, 0.1) is 10.5 Å². The molecule has 23 heavy (non-hydrogen) atoms. The molecule has 4 saturated carbocycles. The third-order valence-corrected chi connectivity index (χ3v) is 8.09. The Morgan fingerprint density at radius 3 is 2.26 bits per heavy atom. The number of nitrogens with one attached hydrogen (secondary N) is 1. The molecular weight excluding hydrogens is 330 g/mol. The normalized spacial score (nSPS) is 38.9. The second-order valence-corrected chi connectivity index (χ2v) is 10.3. The van der Waals surface area contributed by atoms with Crippen LogP contribution in [0.5, 0.6) is 0 Å². The van der Waals surface area contributed by atoms with Gasteiger partial charge in [0.1, 0.15) is 0 Å². The van der Waals surface area contributed by atoms with E-state index in [0.29, 0.717) is 23.2 Å². The van der Waals surface area contributed by atoms with Crippen LogP contribution >= 0.6 is 11.8 Å². The van der Waals surface area contributed by atoms with Crippen LogP contribution in [-0.2, 0) is 10.0 Å². The summed E-state index contributed by atoms with van der Waals surface area (Å²) in [6.07, 6.45) is 7.11. The van der Waals surface area contributed by atoms with Crippen LogP contribution in [0.1, 0.15) is 38.5 Å². The maximum Gasteiger partial charge on any atom is 0.241 e. The number of hydrogen-bond donors (Lipinski definition) is 2. The molecule has 4 aliphatic carbocycles. The van der Waals surface area contributed by atoms with E-state index in [4.69, 9.17) is 0 Å². The second kappa shape index (κ2) is 5.22. The molecule has 4 fully saturated rings. The number of hydrogen-bond acceptors (Lipinski definition) is 4. The molecule has 0 aromatic heterocycles. The Morgan fingerprint density at radius 2 is 1.74 bits per heavy atom. The molecule has 1 aromatic carbocycles. The number of aliphatic hydroxyl groups is 1. The summed E-state index contributed by atoms with van der Waals surface area (Å²) in [5.41, 5.74) is -1.11. The first-order chi connectivity index (χ1) is 10.8. The van der Waals surface area contributed by atoms with Crippen LogP contribution in [0.15, 0.2) is 34.1 Å². The van der Waals surface area contributed by atoms with E-state index in [1.165, 1.54) is 0 Å². The van der Waals surface area contributed by atoms with E-state index in [1.54, 1.807) is 23.9 Å². The number of sulfonamides is 1. The third-order valence-electron chi connectivity index (χ3n) is 5.75. The van der Waals surface area contributed by atoms with E-state index < -0.39 is 21.2 Å². The average Bonchev–Trinajstić information content (AvgIpc) is 2.43. The Kier molecular flexibility index (Phi) is 3.61. The van der Waals surface area contributed by atoms with Crippen LogP contribution in [0.25, 0.3) is 0 Å². The van der Waals surface area contributed by atoms with Gasteiger partial charge in [-0.15, -0.1) is 11.8 Å². The van der Waals surface area contributed by atoms with E-state index in [9.17, 15) is 13.5 Å². The smallest absolute Gasteiger partial charge is 0.241 e. The van der Waals surface area contributed by atoms with Gasteiger partial charge in [-0.25, -0.2) is 13.1 Å². The predicted octanol–water partition coefficient (Wildman–Crippen LogP) is 2.77. The lowest BCUT2D eigenvalue weighted by molar-refractivity contribution is -0.137. The molecule has 5 rings (SSSR count). The molecule has 0 aliphatic heterocycles. The van der Waals surface area contributed by atoms with Crippen LogP contribution in [0.3, 0.4) is 0 Å². The lowest BCUT2D eigenvalue weighted by Gasteiger charge is -2.60. The molecule has 1 aromatic rings. The highest BCUT2D eigenvalue weighted by Crippen LogP contribution is 2.57. The van der Waals surface area contributed by atoms with Gasteiger partial charge in [0, 0.05) is 10.4 Å². The van der Waals surface area contributed by atoms with Gasteiger partial charge in [-0.3, -0.25) is 0 Å². The zero-order valence-corrected chi connectivity index (χ0v) is 14.9. The third kappa shape index (κ3) is 2.84. The first-order valence-electron chi connectivity index (χ1n) is 8.22. The van der Waals surface area contributed by atoms with Crippen LogP contribution in [-0.4, -0.2) is 30.9 Å². The molecule has 6 heteroatoms. The first kappa shape index (κ1) is 15.9. The molecule has 4 aliphatic rings. The van der Waals surface area contributed by atoms with Crippen molar-refractivity contribution in [3.63, 3.8) is 0 Å². The summed E-state index contributed by atoms with van der Waals surface area (Å²) in [6, 6.07) is 7.02. The lowest BCUT2D eigenvalue weighted by atomic mass is 9.51. The molecule has 2 unspecified atom stereocenters. The van der Waals surface area contributed by atoms with Crippen molar-refractivity contribution in [3.8, 4) is 0 Å². The van der Waals surface area contributed by atoms with E-state index in [0.717, 1.165) is 37.0 Å². The molecule has 0 saturated heterocycles. The fraction of sp³-hybridized carbons (Fsp3) is 0.647. The van der Waals surface area contributed by atoms with Gasteiger partial charge in [-0.2, -0.15) is 0 Å². The highest BCUT2D eigenvalue weighted by Gasteiger charge is 2.58. The zero-order valence-electron chi connectivity index (χ0n) is 13.3. The van der Waals surface area contributed by atoms with Crippen molar-refractivity contribution in [3.05, 3.63) is 24.3 Å². The van der Waals surface area contributed by atoms with Crippen molar-refractivity contribution >= 4 is 21.8 Å². The van der Waals surface area contributed by atoms with Crippen LogP contribution in [0.4, 0.5) is 0 Å². The quantitative estimate of drug-likeness (QED) is 0.817.